The van der Waals surface area contributed by atoms with Crippen LogP contribution in [0.15, 0.2) is 36.8 Å². The molecule has 1 aromatic carbocycles. The topological polar surface area (TPSA) is 35.0 Å². The van der Waals surface area contributed by atoms with E-state index in [-0.39, 0.29) is 5.75 Å². The largest absolute Gasteiger partial charge is 0.494 e. The summed E-state index contributed by atoms with van der Waals surface area (Å²) >= 11 is 0. The standard InChI is InChI=1S/C11H9FN2O/c1-15-11-3-2-8(6-9(11)12)10-7-13-4-5-14-10/h2-7H,1H3. The summed E-state index contributed by atoms with van der Waals surface area (Å²) in [5.74, 6) is -0.178. The van der Waals surface area contributed by atoms with Crippen LogP contribution in [0.4, 0.5) is 4.39 Å². The molecule has 0 atom stereocenters. The van der Waals surface area contributed by atoms with Crippen molar-refractivity contribution in [1.82, 2.24) is 9.97 Å². The Morgan fingerprint density at radius 3 is 2.73 bits per heavy atom. The molecule has 0 spiro atoms. The van der Waals surface area contributed by atoms with Crippen molar-refractivity contribution >= 4 is 0 Å². The van der Waals surface area contributed by atoms with Crippen molar-refractivity contribution < 1.29 is 9.13 Å². The van der Waals surface area contributed by atoms with Crippen LogP contribution in [-0.2, 0) is 0 Å². The minimum absolute atomic E-state index is 0.225. The molecule has 0 radical (unpaired) electrons. The van der Waals surface area contributed by atoms with E-state index >= 15 is 0 Å². The molecule has 0 saturated heterocycles. The molecule has 0 aliphatic carbocycles. The summed E-state index contributed by atoms with van der Waals surface area (Å²) in [6.07, 6.45) is 4.72. The van der Waals surface area contributed by atoms with Gasteiger partial charge < -0.3 is 4.74 Å². The van der Waals surface area contributed by atoms with Gasteiger partial charge in [-0.2, -0.15) is 0 Å². The lowest BCUT2D eigenvalue weighted by Gasteiger charge is -2.03. The van der Waals surface area contributed by atoms with Gasteiger partial charge in [0.2, 0.25) is 0 Å². The number of ether oxygens (including phenoxy) is 1. The summed E-state index contributed by atoms with van der Waals surface area (Å²) < 4.78 is 18.2. The van der Waals surface area contributed by atoms with Crippen molar-refractivity contribution in [3.05, 3.63) is 42.6 Å². The van der Waals surface area contributed by atoms with Crippen LogP contribution in [0.5, 0.6) is 5.75 Å². The monoisotopic (exact) mass is 204 g/mol. The zero-order valence-electron chi connectivity index (χ0n) is 8.14. The predicted molar refractivity (Wildman–Crippen MR) is 54.0 cm³/mol. The number of halogens is 1. The fourth-order valence-corrected chi connectivity index (χ4v) is 1.27. The minimum atomic E-state index is -0.402. The van der Waals surface area contributed by atoms with Crippen molar-refractivity contribution in [2.24, 2.45) is 0 Å². The predicted octanol–water partition coefficient (Wildman–Crippen LogP) is 2.29. The molecule has 0 aliphatic heterocycles. The van der Waals surface area contributed by atoms with Gasteiger partial charge in [-0.05, 0) is 18.2 Å². The van der Waals surface area contributed by atoms with E-state index in [9.17, 15) is 4.39 Å². The molecule has 2 rings (SSSR count). The molecule has 1 aromatic heterocycles. The van der Waals surface area contributed by atoms with Crippen LogP contribution < -0.4 is 4.74 Å². The maximum atomic E-state index is 13.4. The first-order chi connectivity index (χ1) is 7.31. The van der Waals surface area contributed by atoms with Crippen molar-refractivity contribution in [3.8, 4) is 17.0 Å². The molecule has 0 amide bonds. The highest BCUT2D eigenvalue weighted by atomic mass is 19.1. The van der Waals surface area contributed by atoms with Gasteiger partial charge in [0, 0.05) is 18.0 Å². The molecule has 76 valence electrons. The smallest absolute Gasteiger partial charge is 0.165 e. The lowest BCUT2D eigenvalue weighted by atomic mass is 10.1. The van der Waals surface area contributed by atoms with Crippen molar-refractivity contribution in [3.63, 3.8) is 0 Å². The third kappa shape index (κ3) is 1.93. The first kappa shape index (κ1) is 9.58. The van der Waals surface area contributed by atoms with Crippen LogP contribution in [0.1, 0.15) is 0 Å². The molecule has 0 aliphatic rings. The SMILES string of the molecule is COc1ccc(-c2cnccn2)cc1F. The fourth-order valence-electron chi connectivity index (χ4n) is 1.27. The summed E-state index contributed by atoms with van der Waals surface area (Å²) in [6.45, 7) is 0. The van der Waals surface area contributed by atoms with E-state index in [1.807, 2.05) is 0 Å². The lowest BCUT2D eigenvalue weighted by molar-refractivity contribution is 0.386. The van der Waals surface area contributed by atoms with Gasteiger partial charge in [-0.1, -0.05) is 0 Å². The van der Waals surface area contributed by atoms with Gasteiger partial charge in [-0.3, -0.25) is 9.97 Å². The van der Waals surface area contributed by atoms with Gasteiger partial charge in [0.15, 0.2) is 11.6 Å². The molecule has 3 nitrogen and oxygen atoms in total. The maximum Gasteiger partial charge on any atom is 0.165 e. The summed E-state index contributed by atoms with van der Waals surface area (Å²) in [7, 11) is 1.43. The average Bonchev–Trinajstić information content (AvgIpc) is 2.30. The van der Waals surface area contributed by atoms with Crippen molar-refractivity contribution in [2.45, 2.75) is 0 Å². The van der Waals surface area contributed by atoms with E-state index in [2.05, 4.69) is 9.97 Å². The molecule has 0 fully saturated rings. The zero-order chi connectivity index (χ0) is 10.7. The Morgan fingerprint density at radius 1 is 1.27 bits per heavy atom. The average molecular weight is 204 g/mol. The van der Waals surface area contributed by atoms with Crippen molar-refractivity contribution in [2.75, 3.05) is 7.11 Å². The minimum Gasteiger partial charge on any atom is -0.494 e. The van der Waals surface area contributed by atoms with E-state index in [0.29, 0.717) is 11.3 Å². The second-order valence-electron chi connectivity index (χ2n) is 2.94. The Hall–Kier alpha value is -1.97. The highest BCUT2D eigenvalue weighted by molar-refractivity contribution is 5.59. The number of nitrogens with zero attached hydrogens (tertiary/aromatic N) is 2. The Morgan fingerprint density at radius 2 is 2.13 bits per heavy atom. The third-order valence-electron chi connectivity index (χ3n) is 2.01. The van der Waals surface area contributed by atoms with Gasteiger partial charge >= 0.3 is 0 Å². The molecule has 15 heavy (non-hydrogen) atoms. The van der Waals surface area contributed by atoms with Crippen molar-refractivity contribution in [1.29, 1.82) is 0 Å². The number of benzene rings is 1. The van der Waals surface area contributed by atoms with E-state index < -0.39 is 5.82 Å². The van der Waals surface area contributed by atoms with Gasteiger partial charge in [0.1, 0.15) is 0 Å². The van der Waals surface area contributed by atoms with Gasteiger partial charge in [-0.15, -0.1) is 0 Å². The first-order valence-corrected chi connectivity index (χ1v) is 4.41. The third-order valence-corrected chi connectivity index (χ3v) is 2.01. The van der Waals surface area contributed by atoms with E-state index in [1.165, 1.54) is 13.2 Å². The number of hydrogen-bond donors (Lipinski definition) is 0. The molecule has 4 heteroatoms. The van der Waals surface area contributed by atoms with Crippen LogP contribution in [0.2, 0.25) is 0 Å². The van der Waals surface area contributed by atoms with Crippen LogP contribution >= 0.6 is 0 Å². The summed E-state index contributed by atoms with van der Waals surface area (Å²) in [6, 6.07) is 4.69. The summed E-state index contributed by atoms with van der Waals surface area (Å²) in [4.78, 5) is 7.99. The van der Waals surface area contributed by atoms with Crippen LogP contribution in [0.25, 0.3) is 11.3 Å². The maximum absolute atomic E-state index is 13.4. The van der Waals surface area contributed by atoms with Gasteiger partial charge in [-0.25, -0.2) is 4.39 Å². The number of hydrogen-bond acceptors (Lipinski definition) is 3. The van der Waals surface area contributed by atoms with Crippen LogP contribution in [0.3, 0.4) is 0 Å². The van der Waals surface area contributed by atoms with E-state index in [1.54, 1.807) is 30.7 Å². The number of aromatic nitrogens is 2. The number of rotatable bonds is 2. The zero-order valence-corrected chi connectivity index (χ0v) is 8.14. The molecular formula is C11H9FN2O. The highest BCUT2D eigenvalue weighted by Crippen LogP contribution is 2.23. The van der Waals surface area contributed by atoms with Crippen LogP contribution in [0, 0.1) is 5.82 Å². The summed E-state index contributed by atoms with van der Waals surface area (Å²) in [5, 5.41) is 0. The quantitative estimate of drug-likeness (QED) is 0.752. The Kier molecular flexibility index (Phi) is 2.58. The first-order valence-electron chi connectivity index (χ1n) is 4.41. The molecule has 0 N–H and O–H groups in total. The number of methoxy groups -OCH3 is 1. The molecule has 0 bridgehead atoms. The Labute approximate surface area is 86.6 Å². The molecule has 0 saturated carbocycles. The molecule has 2 aromatic rings. The van der Waals surface area contributed by atoms with E-state index in [4.69, 9.17) is 4.74 Å². The van der Waals surface area contributed by atoms with Gasteiger partial charge in [0.25, 0.3) is 0 Å². The normalized spacial score (nSPS) is 10.0. The van der Waals surface area contributed by atoms with E-state index in [0.717, 1.165) is 0 Å². The Balaban J connectivity index is 2.43. The van der Waals surface area contributed by atoms with Gasteiger partial charge in [0.05, 0.1) is 19.0 Å². The second kappa shape index (κ2) is 4.04. The lowest BCUT2D eigenvalue weighted by Crippen LogP contribution is -1.90. The molecular weight excluding hydrogens is 195 g/mol. The summed E-state index contributed by atoms with van der Waals surface area (Å²) in [5.41, 5.74) is 1.32. The molecule has 1 heterocycles. The Bertz CT molecular complexity index is 459. The second-order valence-corrected chi connectivity index (χ2v) is 2.94. The van der Waals surface area contributed by atoms with Crippen LogP contribution in [-0.4, -0.2) is 17.1 Å². The fraction of sp³-hybridized carbons (Fsp3) is 0.0909. The molecule has 0 unspecified atom stereocenters. The highest BCUT2D eigenvalue weighted by Gasteiger charge is 2.05.